The van der Waals surface area contributed by atoms with Crippen LogP contribution in [0.4, 0.5) is 4.79 Å². The lowest BCUT2D eigenvalue weighted by molar-refractivity contribution is 0.0187. The number of hydrogen-bond donors (Lipinski definition) is 1. The van der Waals surface area contributed by atoms with Crippen LogP contribution in [0, 0.1) is 5.92 Å². The number of rotatable bonds is 3. The normalized spacial score (nSPS) is 20.9. The van der Waals surface area contributed by atoms with Gasteiger partial charge in [0, 0.05) is 32.7 Å². The third-order valence-electron chi connectivity index (χ3n) is 4.23. The number of guanidine groups is 1. The fourth-order valence-electron chi connectivity index (χ4n) is 2.61. The van der Waals surface area contributed by atoms with Crippen molar-refractivity contribution in [2.45, 2.75) is 58.1 Å². The maximum Gasteiger partial charge on any atom is 0.410 e. The minimum atomic E-state index is -0.430. The van der Waals surface area contributed by atoms with Gasteiger partial charge in [-0.05, 0) is 52.4 Å². The van der Waals surface area contributed by atoms with Gasteiger partial charge in [-0.1, -0.05) is 0 Å². The summed E-state index contributed by atoms with van der Waals surface area (Å²) >= 11 is 0. The van der Waals surface area contributed by atoms with E-state index in [1.807, 2.05) is 27.8 Å². The van der Waals surface area contributed by atoms with E-state index in [4.69, 9.17) is 10.5 Å². The molecule has 0 radical (unpaired) electrons. The number of aliphatic imine (C=N–C) groups is 1. The molecular weight excluding hydrogens is 280 g/mol. The summed E-state index contributed by atoms with van der Waals surface area (Å²) < 4.78 is 5.41. The molecule has 1 saturated carbocycles. The number of carbonyl (C=O) groups is 1. The molecule has 0 spiro atoms. The number of hydrogen-bond acceptors (Lipinski definition) is 3. The molecule has 2 rings (SSSR count). The van der Waals surface area contributed by atoms with E-state index >= 15 is 0 Å². The molecule has 0 atom stereocenters. The zero-order valence-electron chi connectivity index (χ0n) is 14.3. The Bertz CT molecular complexity index is 418. The van der Waals surface area contributed by atoms with Crippen LogP contribution in [-0.2, 0) is 4.74 Å². The standard InChI is InChI=1S/C16H30N4O2/c1-16(2,3)22-15(21)20-9-7-12(8-10-20)11-18-14(17)19(4)13-5-6-13/h12-13H,5-11H2,1-4H3,(H2,17,18). The minimum Gasteiger partial charge on any atom is -0.444 e. The molecule has 2 fully saturated rings. The number of amides is 1. The van der Waals surface area contributed by atoms with Gasteiger partial charge >= 0.3 is 6.09 Å². The fraction of sp³-hybridized carbons (Fsp3) is 0.875. The van der Waals surface area contributed by atoms with Crippen LogP contribution >= 0.6 is 0 Å². The first kappa shape index (κ1) is 16.9. The number of piperidine rings is 1. The van der Waals surface area contributed by atoms with Gasteiger partial charge in [0.15, 0.2) is 5.96 Å². The Labute approximate surface area is 133 Å². The molecule has 2 aliphatic rings. The maximum absolute atomic E-state index is 12.0. The molecule has 6 heteroatoms. The number of nitrogens with zero attached hydrogens (tertiary/aromatic N) is 3. The molecular formula is C16H30N4O2. The van der Waals surface area contributed by atoms with Crippen molar-refractivity contribution in [2.24, 2.45) is 16.6 Å². The highest BCUT2D eigenvalue weighted by atomic mass is 16.6. The molecule has 1 heterocycles. The summed E-state index contributed by atoms with van der Waals surface area (Å²) in [6.45, 7) is 7.93. The van der Waals surface area contributed by atoms with Crippen LogP contribution in [0.1, 0.15) is 46.5 Å². The van der Waals surface area contributed by atoms with E-state index in [1.165, 1.54) is 12.8 Å². The van der Waals surface area contributed by atoms with Crippen LogP contribution in [0.5, 0.6) is 0 Å². The molecule has 1 aliphatic heterocycles. The van der Waals surface area contributed by atoms with E-state index in [-0.39, 0.29) is 6.09 Å². The average Bonchev–Trinajstić information content (AvgIpc) is 3.27. The lowest BCUT2D eigenvalue weighted by Crippen LogP contribution is -2.42. The zero-order valence-corrected chi connectivity index (χ0v) is 14.3. The number of ether oxygens (including phenoxy) is 1. The molecule has 0 unspecified atom stereocenters. The SMILES string of the molecule is CN(C(N)=NCC1CCN(C(=O)OC(C)(C)C)CC1)C1CC1. The van der Waals surface area contributed by atoms with Crippen molar-refractivity contribution in [1.82, 2.24) is 9.80 Å². The summed E-state index contributed by atoms with van der Waals surface area (Å²) in [5.41, 5.74) is 5.58. The van der Waals surface area contributed by atoms with Crippen LogP contribution in [0.15, 0.2) is 4.99 Å². The van der Waals surface area contributed by atoms with Crippen LogP contribution in [0.25, 0.3) is 0 Å². The summed E-state index contributed by atoms with van der Waals surface area (Å²) in [5, 5.41) is 0. The van der Waals surface area contributed by atoms with E-state index in [1.54, 1.807) is 4.90 Å². The third-order valence-corrected chi connectivity index (χ3v) is 4.23. The van der Waals surface area contributed by atoms with Crippen molar-refractivity contribution in [3.8, 4) is 0 Å². The number of likely N-dealkylation sites (tertiary alicyclic amines) is 1. The van der Waals surface area contributed by atoms with Crippen LogP contribution in [0.2, 0.25) is 0 Å². The van der Waals surface area contributed by atoms with Gasteiger partial charge in [-0.3, -0.25) is 4.99 Å². The molecule has 1 amide bonds. The Morgan fingerprint density at radius 1 is 1.27 bits per heavy atom. The van der Waals surface area contributed by atoms with E-state index in [0.717, 1.165) is 32.5 Å². The molecule has 22 heavy (non-hydrogen) atoms. The van der Waals surface area contributed by atoms with Gasteiger partial charge in [-0.2, -0.15) is 0 Å². The first-order chi connectivity index (χ1) is 10.3. The van der Waals surface area contributed by atoms with E-state index in [0.29, 0.717) is 17.9 Å². The summed E-state index contributed by atoms with van der Waals surface area (Å²) in [5.74, 6) is 1.15. The van der Waals surface area contributed by atoms with Crippen LogP contribution in [0.3, 0.4) is 0 Å². The van der Waals surface area contributed by atoms with E-state index in [2.05, 4.69) is 9.89 Å². The topological polar surface area (TPSA) is 71.2 Å². The maximum atomic E-state index is 12.0. The molecule has 1 aliphatic carbocycles. The molecule has 2 N–H and O–H groups in total. The van der Waals surface area contributed by atoms with Crippen molar-refractivity contribution in [2.75, 3.05) is 26.7 Å². The van der Waals surface area contributed by atoms with Crippen LogP contribution in [-0.4, -0.2) is 60.2 Å². The highest BCUT2D eigenvalue weighted by Gasteiger charge is 2.28. The van der Waals surface area contributed by atoms with Crippen molar-refractivity contribution in [1.29, 1.82) is 0 Å². The molecule has 6 nitrogen and oxygen atoms in total. The van der Waals surface area contributed by atoms with Gasteiger partial charge in [0.2, 0.25) is 0 Å². The summed E-state index contributed by atoms with van der Waals surface area (Å²) in [7, 11) is 2.02. The Hall–Kier alpha value is -1.46. The minimum absolute atomic E-state index is 0.206. The van der Waals surface area contributed by atoms with Crippen molar-refractivity contribution in [3.63, 3.8) is 0 Å². The van der Waals surface area contributed by atoms with Gasteiger partial charge in [-0.25, -0.2) is 4.79 Å². The van der Waals surface area contributed by atoms with Gasteiger partial charge in [0.25, 0.3) is 0 Å². The van der Waals surface area contributed by atoms with Gasteiger partial charge in [0.1, 0.15) is 5.60 Å². The molecule has 0 aromatic rings. The summed E-state index contributed by atoms with van der Waals surface area (Å²) in [6, 6.07) is 0.595. The number of nitrogens with two attached hydrogens (primary N) is 1. The fourth-order valence-corrected chi connectivity index (χ4v) is 2.61. The van der Waals surface area contributed by atoms with Crippen molar-refractivity contribution in [3.05, 3.63) is 0 Å². The van der Waals surface area contributed by atoms with Crippen LogP contribution < -0.4 is 5.73 Å². The first-order valence-corrected chi connectivity index (χ1v) is 8.27. The van der Waals surface area contributed by atoms with Gasteiger partial charge < -0.3 is 20.3 Å². The smallest absolute Gasteiger partial charge is 0.410 e. The molecule has 0 bridgehead atoms. The largest absolute Gasteiger partial charge is 0.444 e. The Balaban J connectivity index is 1.72. The lowest BCUT2D eigenvalue weighted by Gasteiger charge is -2.33. The molecule has 0 aromatic heterocycles. The highest BCUT2D eigenvalue weighted by molar-refractivity contribution is 5.78. The predicted octanol–water partition coefficient (Wildman–Crippen LogP) is 2.04. The predicted molar refractivity (Wildman–Crippen MR) is 87.8 cm³/mol. The Kier molecular flexibility index (Phi) is 5.19. The zero-order chi connectivity index (χ0) is 16.3. The highest BCUT2D eigenvalue weighted by Crippen LogP contribution is 2.25. The average molecular weight is 310 g/mol. The second-order valence-corrected chi connectivity index (χ2v) is 7.45. The van der Waals surface area contributed by atoms with Crippen molar-refractivity contribution >= 4 is 12.1 Å². The third kappa shape index (κ3) is 5.07. The number of carbonyl (C=O) groups excluding carboxylic acids is 1. The lowest BCUT2D eigenvalue weighted by atomic mass is 9.97. The van der Waals surface area contributed by atoms with E-state index < -0.39 is 5.60 Å². The second kappa shape index (κ2) is 6.75. The van der Waals surface area contributed by atoms with Crippen molar-refractivity contribution < 1.29 is 9.53 Å². The first-order valence-electron chi connectivity index (χ1n) is 8.27. The molecule has 1 saturated heterocycles. The van der Waals surface area contributed by atoms with Gasteiger partial charge in [-0.15, -0.1) is 0 Å². The summed E-state index contributed by atoms with van der Waals surface area (Å²) in [6.07, 6.45) is 4.16. The molecule has 0 aromatic carbocycles. The second-order valence-electron chi connectivity index (χ2n) is 7.45. The van der Waals surface area contributed by atoms with E-state index in [9.17, 15) is 4.79 Å². The Morgan fingerprint density at radius 2 is 1.86 bits per heavy atom. The van der Waals surface area contributed by atoms with Gasteiger partial charge in [0.05, 0.1) is 0 Å². The Morgan fingerprint density at radius 3 is 2.36 bits per heavy atom. The molecule has 126 valence electrons. The quantitative estimate of drug-likeness (QED) is 0.639. The monoisotopic (exact) mass is 310 g/mol. The summed E-state index contributed by atoms with van der Waals surface area (Å²) in [4.78, 5) is 20.4.